The van der Waals surface area contributed by atoms with Crippen LogP contribution in [0.2, 0.25) is 0 Å². The Morgan fingerprint density at radius 2 is 1.73 bits per heavy atom. The molecular formula is C18H17NO3. The normalized spacial score (nSPS) is 10.5. The first-order chi connectivity index (χ1) is 10.8. The molecular weight excluding hydrogens is 278 g/mol. The van der Waals surface area contributed by atoms with E-state index in [0.29, 0.717) is 12.3 Å². The lowest BCUT2D eigenvalue weighted by Gasteiger charge is -2.02. The minimum absolute atomic E-state index is 0.612. The molecule has 0 aliphatic carbocycles. The van der Waals surface area contributed by atoms with E-state index >= 15 is 0 Å². The van der Waals surface area contributed by atoms with E-state index in [4.69, 9.17) is 13.9 Å². The molecule has 0 radical (unpaired) electrons. The summed E-state index contributed by atoms with van der Waals surface area (Å²) in [5, 5.41) is 0. The summed E-state index contributed by atoms with van der Waals surface area (Å²) in [5.41, 5.74) is 2.05. The van der Waals surface area contributed by atoms with Crippen molar-refractivity contribution in [1.29, 1.82) is 0 Å². The molecule has 4 nitrogen and oxygen atoms in total. The number of benzene rings is 2. The quantitative estimate of drug-likeness (QED) is 0.715. The second-order valence-corrected chi connectivity index (χ2v) is 4.89. The van der Waals surface area contributed by atoms with Crippen LogP contribution in [0.25, 0.3) is 11.5 Å². The van der Waals surface area contributed by atoms with Crippen LogP contribution in [-0.2, 0) is 6.42 Å². The van der Waals surface area contributed by atoms with Crippen LogP contribution in [0.4, 0.5) is 0 Å². The first-order valence-electron chi connectivity index (χ1n) is 7.00. The smallest absolute Gasteiger partial charge is 0.226 e. The molecule has 0 amide bonds. The fourth-order valence-electron chi connectivity index (χ4n) is 2.24. The van der Waals surface area contributed by atoms with Gasteiger partial charge in [0.15, 0.2) is 0 Å². The van der Waals surface area contributed by atoms with Gasteiger partial charge in [-0.1, -0.05) is 12.1 Å². The maximum atomic E-state index is 5.83. The lowest BCUT2D eigenvalue weighted by molar-refractivity contribution is 0.414. The Morgan fingerprint density at radius 3 is 2.45 bits per heavy atom. The highest BCUT2D eigenvalue weighted by atomic mass is 16.5. The van der Waals surface area contributed by atoms with E-state index in [2.05, 4.69) is 4.98 Å². The molecule has 0 unspecified atom stereocenters. The van der Waals surface area contributed by atoms with Gasteiger partial charge in [-0.15, -0.1) is 0 Å². The van der Waals surface area contributed by atoms with Gasteiger partial charge in [0.25, 0.3) is 0 Å². The van der Waals surface area contributed by atoms with E-state index in [0.717, 1.165) is 28.4 Å². The predicted molar refractivity (Wildman–Crippen MR) is 84.3 cm³/mol. The molecule has 2 aromatic carbocycles. The fourth-order valence-corrected chi connectivity index (χ4v) is 2.24. The van der Waals surface area contributed by atoms with Gasteiger partial charge in [-0.05, 0) is 42.0 Å². The van der Waals surface area contributed by atoms with Gasteiger partial charge in [-0.2, -0.15) is 0 Å². The number of methoxy groups -OCH3 is 2. The molecule has 0 fully saturated rings. The number of aromatic nitrogens is 1. The minimum atomic E-state index is 0.612. The molecule has 0 saturated heterocycles. The van der Waals surface area contributed by atoms with Crippen molar-refractivity contribution in [3.8, 4) is 23.0 Å². The van der Waals surface area contributed by atoms with Gasteiger partial charge >= 0.3 is 0 Å². The van der Waals surface area contributed by atoms with Crippen LogP contribution < -0.4 is 9.47 Å². The van der Waals surface area contributed by atoms with Crippen LogP contribution in [0.5, 0.6) is 11.5 Å². The Morgan fingerprint density at radius 1 is 0.955 bits per heavy atom. The van der Waals surface area contributed by atoms with E-state index in [-0.39, 0.29) is 0 Å². The topological polar surface area (TPSA) is 44.5 Å². The molecule has 3 aromatic rings. The zero-order valence-corrected chi connectivity index (χ0v) is 12.6. The predicted octanol–water partition coefficient (Wildman–Crippen LogP) is 3.95. The largest absolute Gasteiger partial charge is 0.497 e. The number of oxazole rings is 1. The molecule has 112 valence electrons. The zero-order valence-electron chi connectivity index (χ0n) is 12.6. The van der Waals surface area contributed by atoms with Crippen molar-refractivity contribution in [3.05, 3.63) is 66.1 Å². The van der Waals surface area contributed by atoms with Crippen LogP contribution in [0, 0.1) is 0 Å². The van der Waals surface area contributed by atoms with Crippen molar-refractivity contribution < 1.29 is 13.9 Å². The lowest BCUT2D eigenvalue weighted by Crippen LogP contribution is -1.88. The van der Waals surface area contributed by atoms with Gasteiger partial charge in [0.05, 0.1) is 20.4 Å². The second-order valence-electron chi connectivity index (χ2n) is 4.89. The molecule has 3 rings (SSSR count). The lowest BCUT2D eigenvalue weighted by atomic mass is 10.1. The van der Waals surface area contributed by atoms with E-state index in [1.54, 1.807) is 20.4 Å². The first-order valence-corrected chi connectivity index (χ1v) is 7.00. The minimum Gasteiger partial charge on any atom is -0.497 e. The number of hydrogen-bond donors (Lipinski definition) is 0. The maximum absolute atomic E-state index is 5.83. The fraction of sp³-hybridized carbons (Fsp3) is 0.167. The molecule has 0 atom stereocenters. The molecule has 0 N–H and O–H groups in total. The monoisotopic (exact) mass is 295 g/mol. The summed E-state index contributed by atoms with van der Waals surface area (Å²) in [6.07, 6.45) is 2.44. The highest BCUT2D eigenvalue weighted by Crippen LogP contribution is 2.23. The van der Waals surface area contributed by atoms with E-state index < -0.39 is 0 Å². The third-order valence-electron chi connectivity index (χ3n) is 3.40. The van der Waals surface area contributed by atoms with Gasteiger partial charge in [0.2, 0.25) is 5.89 Å². The Bertz CT molecular complexity index is 747. The van der Waals surface area contributed by atoms with Gasteiger partial charge in [0.1, 0.15) is 17.3 Å². The molecule has 0 saturated carbocycles. The van der Waals surface area contributed by atoms with Crippen molar-refractivity contribution >= 4 is 0 Å². The van der Waals surface area contributed by atoms with Crippen LogP contribution in [-0.4, -0.2) is 19.2 Å². The Labute approximate surface area is 129 Å². The Kier molecular flexibility index (Phi) is 4.10. The summed E-state index contributed by atoms with van der Waals surface area (Å²) >= 11 is 0. The number of hydrogen-bond acceptors (Lipinski definition) is 4. The molecule has 4 heteroatoms. The summed E-state index contributed by atoms with van der Waals surface area (Å²) in [7, 11) is 3.31. The van der Waals surface area contributed by atoms with Crippen molar-refractivity contribution in [2.24, 2.45) is 0 Å². The van der Waals surface area contributed by atoms with E-state index in [1.165, 1.54) is 0 Å². The van der Waals surface area contributed by atoms with Gasteiger partial charge < -0.3 is 13.9 Å². The SMILES string of the molecule is COc1ccc(-c2ncc(Cc3cccc(OC)c3)o2)cc1. The molecule has 0 aliphatic heterocycles. The molecule has 0 aliphatic rings. The van der Waals surface area contributed by atoms with Crippen LogP contribution in [0.1, 0.15) is 11.3 Å². The van der Waals surface area contributed by atoms with Crippen LogP contribution >= 0.6 is 0 Å². The second kappa shape index (κ2) is 6.35. The number of nitrogens with zero attached hydrogens (tertiary/aromatic N) is 1. The van der Waals surface area contributed by atoms with Crippen molar-refractivity contribution in [2.45, 2.75) is 6.42 Å². The Hall–Kier alpha value is -2.75. The Balaban J connectivity index is 1.77. The summed E-state index contributed by atoms with van der Waals surface area (Å²) in [5.74, 6) is 3.08. The summed E-state index contributed by atoms with van der Waals surface area (Å²) < 4.78 is 16.2. The van der Waals surface area contributed by atoms with Crippen molar-refractivity contribution in [2.75, 3.05) is 14.2 Å². The summed E-state index contributed by atoms with van der Waals surface area (Å²) in [4.78, 5) is 4.34. The maximum Gasteiger partial charge on any atom is 0.226 e. The van der Waals surface area contributed by atoms with Crippen molar-refractivity contribution in [1.82, 2.24) is 4.98 Å². The number of rotatable bonds is 5. The third kappa shape index (κ3) is 3.11. The molecule has 22 heavy (non-hydrogen) atoms. The highest BCUT2D eigenvalue weighted by Gasteiger charge is 2.08. The van der Waals surface area contributed by atoms with Gasteiger partial charge in [-0.3, -0.25) is 0 Å². The third-order valence-corrected chi connectivity index (χ3v) is 3.40. The summed E-state index contributed by atoms with van der Waals surface area (Å²) in [6, 6.07) is 15.6. The molecule has 0 spiro atoms. The average molecular weight is 295 g/mol. The van der Waals surface area contributed by atoms with Crippen LogP contribution in [0.3, 0.4) is 0 Å². The van der Waals surface area contributed by atoms with Gasteiger partial charge in [0, 0.05) is 12.0 Å². The average Bonchev–Trinajstić information content (AvgIpc) is 3.03. The summed E-state index contributed by atoms with van der Waals surface area (Å²) in [6.45, 7) is 0. The molecule has 1 aromatic heterocycles. The van der Waals surface area contributed by atoms with Gasteiger partial charge in [-0.25, -0.2) is 4.98 Å². The molecule has 1 heterocycles. The zero-order chi connectivity index (χ0) is 15.4. The van der Waals surface area contributed by atoms with Crippen LogP contribution in [0.15, 0.2) is 59.1 Å². The standard InChI is InChI=1S/C18H17NO3/c1-20-15-8-6-14(7-9-15)18-19-12-17(22-18)11-13-4-3-5-16(10-13)21-2/h3-10,12H,11H2,1-2H3. The highest BCUT2D eigenvalue weighted by molar-refractivity contribution is 5.54. The molecule has 0 bridgehead atoms. The number of ether oxygens (including phenoxy) is 2. The van der Waals surface area contributed by atoms with E-state index in [1.807, 2.05) is 48.5 Å². The first kappa shape index (κ1) is 14.2. The van der Waals surface area contributed by atoms with Crippen molar-refractivity contribution in [3.63, 3.8) is 0 Å². The van der Waals surface area contributed by atoms with E-state index in [9.17, 15) is 0 Å².